The van der Waals surface area contributed by atoms with Gasteiger partial charge < -0.3 is 9.72 Å². The Morgan fingerprint density at radius 1 is 1.13 bits per heavy atom. The fourth-order valence-corrected chi connectivity index (χ4v) is 2.46. The van der Waals surface area contributed by atoms with E-state index in [1.54, 1.807) is 22.8 Å². The highest BCUT2D eigenvalue weighted by Gasteiger charge is 2.13. The third kappa shape index (κ3) is 3.08. The number of aromatic nitrogens is 2. The molecular formula is C16H15N3O4. The summed E-state index contributed by atoms with van der Waals surface area (Å²) in [6.45, 7) is 0.764. The molecule has 0 unspecified atom stereocenters. The van der Waals surface area contributed by atoms with Crippen LogP contribution in [0.25, 0.3) is 11.0 Å². The lowest BCUT2D eigenvalue weighted by atomic mass is 10.3. The smallest absolute Gasteiger partial charge is 0.326 e. The van der Waals surface area contributed by atoms with Crippen molar-refractivity contribution in [1.82, 2.24) is 9.55 Å². The number of aryl methyl sites for hydroxylation is 1. The Morgan fingerprint density at radius 2 is 1.87 bits per heavy atom. The zero-order valence-corrected chi connectivity index (χ0v) is 12.3. The molecule has 0 amide bonds. The molecular weight excluding hydrogens is 298 g/mol. The van der Waals surface area contributed by atoms with Gasteiger partial charge in [0.25, 0.3) is 0 Å². The molecule has 0 atom stereocenters. The van der Waals surface area contributed by atoms with Gasteiger partial charge >= 0.3 is 11.4 Å². The number of hydrogen-bond donors (Lipinski definition) is 1. The summed E-state index contributed by atoms with van der Waals surface area (Å²) in [4.78, 5) is 25.1. The molecule has 0 bridgehead atoms. The minimum absolute atomic E-state index is 0.0586. The first kappa shape index (κ1) is 14.8. The molecule has 1 N–H and O–H groups in total. The van der Waals surface area contributed by atoms with E-state index in [0.29, 0.717) is 13.0 Å². The van der Waals surface area contributed by atoms with Gasteiger partial charge in [-0.1, -0.05) is 24.3 Å². The van der Waals surface area contributed by atoms with Gasteiger partial charge in [-0.05, 0) is 24.6 Å². The van der Waals surface area contributed by atoms with Crippen molar-refractivity contribution < 1.29 is 9.66 Å². The molecule has 7 heteroatoms. The number of nitro groups is 1. The largest absolute Gasteiger partial charge is 0.487 e. The molecule has 3 rings (SSSR count). The van der Waals surface area contributed by atoms with Crippen LogP contribution in [0.15, 0.2) is 53.3 Å². The zero-order valence-electron chi connectivity index (χ0n) is 12.3. The second kappa shape index (κ2) is 6.35. The average molecular weight is 313 g/mol. The van der Waals surface area contributed by atoms with Gasteiger partial charge in [0.1, 0.15) is 0 Å². The van der Waals surface area contributed by atoms with Gasteiger partial charge in [0.05, 0.1) is 22.6 Å². The summed E-state index contributed by atoms with van der Waals surface area (Å²) in [5.74, 6) is 0.240. The topological polar surface area (TPSA) is 90.2 Å². The van der Waals surface area contributed by atoms with E-state index in [-0.39, 0.29) is 23.7 Å². The standard InChI is InChI=1S/C16H15N3O4/c20-16-17-12-6-1-2-7-13(12)18(16)10-5-11-23-15-9-4-3-8-14(15)19(21)22/h1-4,6-9H,5,10-11H2,(H,17,20). The van der Waals surface area contributed by atoms with E-state index in [0.717, 1.165) is 11.0 Å². The molecule has 2 aromatic carbocycles. The highest BCUT2D eigenvalue weighted by atomic mass is 16.6. The van der Waals surface area contributed by atoms with E-state index in [2.05, 4.69) is 4.98 Å². The number of aromatic amines is 1. The number of para-hydroxylation sites is 4. The van der Waals surface area contributed by atoms with Crippen LogP contribution in [0.1, 0.15) is 6.42 Å². The first-order valence-corrected chi connectivity index (χ1v) is 7.20. The summed E-state index contributed by atoms with van der Waals surface area (Å²) >= 11 is 0. The Bertz CT molecular complexity index is 897. The number of nitro benzene ring substituents is 1. The first-order valence-electron chi connectivity index (χ1n) is 7.20. The maximum absolute atomic E-state index is 11.9. The van der Waals surface area contributed by atoms with Crippen LogP contribution in [0.3, 0.4) is 0 Å². The van der Waals surface area contributed by atoms with E-state index in [4.69, 9.17) is 4.74 Å². The predicted molar refractivity (Wildman–Crippen MR) is 85.8 cm³/mol. The van der Waals surface area contributed by atoms with E-state index in [1.165, 1.54) is 6.07 Å². The van der Waals surface area contributed by atoms with Crippen molar-refractivity contribution in [3.05, 3.63) is 69.1 Å². The molecule has 0 saturated heterocycles. The van der Waals surface area contributed by atoms with Gasteiger partial charge in [-0.15, -0.1) is 0 Å². The quantitative estimate of drug-likeness (QED) is 0.430. The Labute approximate surface area is 131 Å². The summed E-state index contributed by atoms with van der Waals surface area (Å²) in [5.41, 5.74) is 1.40. The Kier molecular flexibility index (Phi) is 4.09. The molecule has 0 aliphatic carbocycles. The summed E-state index contributed by atoms with van der Waals surface area (Å²) in [6, 6.07) is 13.7. The van der Waals surface area contributed by atoms with Crippen molar-refractivity contribution in [3.63, 3.8) is 0 Å². The number of hydrogen-bond acceptors (Lipinski definition) is 4. The van der Waals surface area contributed by atoms with Crippen LogP contribution in [0, 0.1) is 10.1 Å². The maximum Gasteiger partial charge on any atom is 0.326 e. The Balaban J connectivity index is 1.65. The predicted octanol–water partition coefficient (Wildman–Crippen LogP) is 2.71. The van der Waals surface area contributed by atoms with Gasteiger partial charge in [0, 0.05) is 12.6 Å². The highest BCUT2D eigenvalue weighted by Crippen LogP contribution is 2.25. The molecule has 0 radical (unpaired) electrons. The van der Waals surface area contributed by atoms with E-state index < -0.39 is 4.92 Å². The highest BCUT2D eigenvalue weighted by molar-refractivity contribution is 5.74. The van der Waals surface area contributed by atoms with Crippen molar-refractivity contribution in [3.8, 4) is 5.75 Å². The van der Waals surface area contributed by atoms with Gasteiger partial charge in [-0.3, -0.25) is 14.7 Å². The normalized spacial score (nSPS) is 10.8. The van der Waals surface area contributed by atoms with Gasteiger partial charge in [-0.2, -0.15) is 0 Å². The number of rotatable bonds is 6. The monoisotopic (exact) mass is 313 g/mol. The number of nitrogens with zero attached hydrogens (tertiary/aromatic N) is 2. The minimum atomic E-state index is -0.473. The minimum Gasteiger partial charge on any atom is -0.487 e. The van der Waals surface area contributed by atoms with Gasteiger partial charge in [-0.25, -0.2) is 4.79 Å². The van der Waals surface area contributed by atoms with Crippen LogP contribution in [0.2, 0.25) is 0 Å². The first-order chi connectivity index (χ1) is 11.2. The van der Waals surface area contributed by atoms with Crippen molar-refractivity contribution in [2.24, 2.45) is 0 Å². The van der Waals surface area contributed by atoms with Crippen LogP contribution >= 0.6 is 0 Å². The second-order valence-electron chi connectivity index (χ2n) is 5.03. The fraction of sp³-hybridized carbons (Fsp3) is 0.188. The van der Waals surface area contributed by atoms with Crippen LogP contribution in [0.5, 0.6) is 5.75 Å². The number of imidazole rings is 1. The van der Waals surface area contributed by atoms with E-state index >= 15 is 0 Å². The number of benzene rings is 2. The van der Waals surface area contributed by atoms with E-state index in [1.807, 2.05) is 24.3 Å². The maximum atomic E-state index is 11.9. The lowest BCUT2D eigenvalue weighted by Crippen LogP contribution is -2.18. The number of H-pyrrole nitrogens is 1. The molecule has 3 aromatic rings. The number of fused-ring (bicyclic) bond motifs is 1. The number of ether oxygens (including phenoxy) is 1. The zero-order chi connectivity index (χ0) is 16.2. The van der Waals surface area contributed by atoms with Crippen LogP contribution in [-0.4, -0.2) is 21.1 Å². The summed E-state index contributed by atoms with van der Waals surface area (Å²) < 4.78 is 7.12. The molecule has 0 spiro atoms. The molecule has 23 heavy (non-hydrogen) atoms. The van der Waals surface area contributed by atoms with Crippen molar-refractivity contribution >= 4 is 16.7 Å². The van der Waals surface area contributed by atoms with Crippen molar-refractivity contribution in [2.45, 2.75) is 13.0 Å². The van der Waals surface area contributed by atoms with Gasteiger partial charge in [0.15, 0.2) is 5.75 Å². The molecule has 118 valence electrons. The third-order valence-electron chi connectivity index (χ3n) is 3.53. The summed E-state index contributed by atoms with van der Waals surface area (Å²) in [7, 11) is 0. The van der Waals surface area contributed by atoms with Gasteiger partial charge in [0.2, 0.25) is 0 Å². The molecule has 1 heterocycles. The molecule has 0 saturated carbocycles. The SMILES string of the molecule is O=c1[nH]c2ccccc2n1CCCOc1ccccc1[N+](=O)[O-]. The third-order valence-corrected chi connectivity index (χ3v) is 3.53. The molecule has 0 aliphatic heterocycles. The van der Waals surface area contributed by atoms with Crippen LogP contribution in [0.4, 0.5) is 5.69 Å². The average Bonchev–Trinajstić information content (AvgIpc) is 2.87. The van der Waals surface area contributed by atoms with Crippen molar-refractivity contribution in [1.29, 1.82) is 0 Å². The molecule has 7 nitrogen and oxygen atoms in total. The van der Waals surface area contributed by atoms with E-state index in [9.17, 15) is 14.9 Å². The lowest BCUT2D eigenvalue weighted by Gasteiger charge is -2.07. The Hall–Kier alpha value is -3.09. The van der Waals surface area contributed by atoms with Crippen LogP contribution in [-0.2, 0) is 6.54 Å². The molecule has 0 aliphatic rings. The fourth-order valence-electron chi connectivity index (χ4n) is 2.46. The number of nitrogens with one attached hydrogen (secondary N) is 1. The van der Waals surface area contributed by atoms with Crippen LogP contribution < -0.4 is 10.4 Å². The second-order valence-corrected chi connectivity index (χ2v) is 5.03. The summed E-state index contributed by atoms with van der Waals surface area (Å²) in [6.07, 6.45) is 0.563. The molecule has 1 aromatic heterocycles. The lowest BCUT2D eigenvalue weighted by molar-refractivity contribution is -0.385. The Morgan fingerprint density at radius 3 is 2.70 bits per heavy atom. The molecule has 0 fully saturated rings. The summed E-state index contributed by atoms with van der Waals surface area (Å²) in [5, 5.41) is 10.9. The van der Waals surface area contributed by atoms with Crippen molar-refractivity contribution in [2.75, 3.05) is 6.61 Å².